The van der Waals surface area contributed by atoms with Crippen LogP contribution in [0.25, 0.3) is 0 Å². The summed E-state index contributed by atoms with van der Waals surface area (Å²) in [6.07, 6.45) is 3.20. The van der Waals surface area contributed by atoms with Gasteiger partial charge in [-0.25, -0.2) is 0 Å². The molecule has 0 saturated carbocycles. The minimum absolute atomic E-state index is 0.136. The van der Waals surface area contributed by atoms with Crippen LogP contribution < -0.4 is 15.5 Å². The van der Waals surface area contributed by atoms with Gasteiger partial charge in [0.1, 0.15) is 6.17 Å². The third-order valence-corrected chi connectivity index (χ3v) is 8.62. The van der Waals surface area contributed by atoms with Crippen molar-refractivity contribution >= 4 is 11.4 Å². The first-order valence-corrected chi connectivity index (χ1v) is 10.4. The standard InChI is InChI=1S/C23H26N4/c1-14-15-6-5-9-18-19(15)23-11-13-27(14)20-22(23,10-12-24-20)16-7-3-4-8-17(16)25-21(23)26(18)2/h3-9,14,20-21,24-25H,10-13H2,1-2H3/t14-,20-,21-,22+,23+/m1/s1. The van der Waals surface area contributed by atoms with Crippen LogP contribution in [0.1, 0.15) is 42.5 Å². The van der Waals surface area contributed by atoms with Crippen molar-refractivity contribution in [1.82, 2.24) is 10.2 Å². The lowest BCUT2D eigenvalue weighted by Crippen LogP contribution is -2.72. The lowest BCUT2D eigenvalue weighted by Gasteiger charge is -2.61. The van der Waals surface area contributed by atoms with Crippen LogP contribution in [0.4, 0.5) is 11.4 Å². The first kappa shape index (κ1) is 14.9. The van der Waals surface area contributed by atoms with Crippen LogP contribution in [0.15, 0.2) is 42.5 Å². The second-order valence-electron chi connectivity index (χ2n) is 9.16. The molecule has 138 valence electrons. The molecule has 8 rings (SSSR count). The second kappa shape index (κ2) is 4.50. The Kier molecular flexibility index (Phi) is 2.49. The van der Waals surface area contributed by atoms with Crippen molar-refractivity contribution in [2.75, 3.05) is 30.4 Å². The third-order valence-electron chi connectivity index (χ3n) is 8.62. The maximum absolute atomic E-state index is 3.99. The van der Waals surface area contributed by atoms with Gasteiger partial charge in [-0.2, -0.15) is 0 Å². The van der Waals surface area contributed by atoms with Crippen LogP contribution in [-0.4, -0.2) is 37.4 Å². The highest BCUT2D eigenvalue weighted by molar-refractivity contribution is 5.77. The number of nitrogens with one attached hydrogen (secondary N) is 2. The Hall–Kier alpha value is -2.04. The van der Waals surface area contributed by atoms with Gasteiger partial charge in [0.15, 0.2) is 0 Å². The van der Waals surface area contributed by atoms with Crippen molar-refractivity contribution in [3.63, 3.8) is 0 Å². The zero-order chi connectivity index (χ0) is 18.0. The maximum atomic E-state index is 3.99. The lowest BCUT2D eigenvalue weighted by molar-refractivity contribution is -0.00999. The van der Waals surface area contributed by atoms with Gasteiger partial charge >= 0.3 is 0 Å². The van der Waals surface area contributed by atoms with Gasteiger partial charge < -0.3 is 15.5 Å². The van der Waals surface area contributed by atoms with Crippen molar-refractivity contribution in [2.45, 2.75) is 49.0 Å². The molecule has 2 aromatic rings. The van der Waals surface area contributed by atoms with Crippen LogP contribution in [0, 0.1) is 0 Å². The van der Waals surface area contributed by atoms with Crippen molar-refractivity contribution in [1.29, 1.82) is 0 Å². The topological polar surface area (TPSA) is 30.5 Å². The van der Waals surface area contributed by atoms with E-state index in [1.165, 1.54) is 36.3 Å². The first-order chi connectivity index (χ1) is 13.2. The Bertz CT molecular complexity index is 986. The summed E-state index contributed by atoms with van der Waals surface area (Å²) < 4.78 is 0. The van der Waals surface area contributed by atoms with E-state index in [-0.39, 0.29) is 10.8 Å². The molecule has 6 aliphatic heterocycles. The monoisotopic (exact) mass is 358 g/mol. The Balaban J connectivity index is 1.68. The van der Waals surface area contributed by atoms with E-state index >= 15 is 0 Å². The molecule has 0 radical (unpaired) electrons. The molecule has 2 saturated heterocycles. The highest BCUT2D eigenvalue weighted by Crippen LogP contribution is 2.69. The van der Waals surface area contributed by atoms with Gasteiger partial charge in [0.25, 0.3) is 0 Å². The highest BCUT2D eigenvalue weighted by Gasteiger charge is 2.73. The molecule has 2 bridgehead atoms. The van der Waals surface area contributed by atoms with E-state index < -0.39 is 0 Å². The van der Waals surface area contributed by atoms with E-state index in [0.717, 1.165) is 6.54 Å². The summed E-state index contributed by atoms with van der Waals surface area (Å²) in [5.74, 6) is 0. The molecule has 4 nitrogen and oxygen atoms in total. The molecule has 2 spiro atoms. The average molecular weight is 358 g/mol. The van der Waals surface area contributed by atoms with E-state index in [1.807, 2.05) is 0 Å². The summed E-state index contributed by atoms with van der Waals surface area (Å²) in [6, 6.07) is 16.6. The van der Waals surface area contributed by atoms with Gasteiger partial charge in [-0.15, -0.1) is 0 Å². The molecule has 1 unspecified atom stereocenters. The molecule has 6 aliphatic rings. The van der Waals surface area contributed by atoms with Crippen molar-refractivity contribution in [2.24, 2.45) is 0 Å². The Labute approximate surface area is 160 Å². The summed E-state index contributed by atoms with van der Waals surface area (Å²) in [6.45, 7) is 4.70. The zero-order valence-electron chi connectivity index (χ0n) is 16.0. The van der Waals surface area contributed by atoms with Gasteiger partial charge in [-0.1, -0.05) is 30.3 Å². The quantitative estimate of drug-likeness (QED) is 0.757. The highest BCUT2D eigenvalue weighted by atomic mass is 15.4. The number of piperidine rings is 1. The molecular formula is C23H26N4. The SMILES string of the molecule is C[C@@H]1c2cccc3c2[C@]24CCN1[C@H]1NCC[C@]12c1ccccc1N[C@@H]4N3C. The molecule has 0 amide bonds. The van der Waals surface area contributed by atoms with E-state index in [2.05, 4.69) is 76.9 Å². The van der Waals surface area contributed by atoms with Crippen LogP contribution in [-0.2, 0) is 10.8 Å². The predicted octanol–water partition coefficient (Wildman–Crippen LogP) is 3.16. The Morgan fingerprint density at radius 3 is 2.81 bits per heavy atom. The molecule has 2 N–H and O–H groups in total. The number of nitrogens with zero attached hydrogens (tertiary/aromatic N) is 2. The van der Waals surface area contributed by atoms with Crippen molar-refractivity contribution < 1.29 is 0 Å². The van der Waals surface area contributed by atoms with Gasteiger partial charge in [-0.05, 0) is 55.1 Å². The largest absolute Gasteiger partial charge is 0.364 e. The minimum atomic E-state index is 0.136. The molecule has 27 heavy (non-hydrogen) atoms. The van der Waals surface area contributed by atoms with Gasteiger partial charge in [-0.3, -0.25) is 4.90 Å². The second-order valence-corrected chi connectivity index (χ2v) is 9.16. The van der Waals surface area contributed by atoms with E-state index in [1.54, 1.807) is 11.1 Å². The summed E-state index contributed by atoms with van der Waals surface area (Å²) in [5, 5.41) is 7.95. The fourth-order valence-electron chi connectivity index (χ4n) is 7.75. The van der Waals surface area contributed by atoms with E-state index in [4.69, 9.17) is 0 Å². The number of fused-ring (bicyclic) bond motifs is 2. The fraction of sp³-hybridized carbons (Fsp3) is 0.478. The normalized spacial score (nSPS) is 42.2. The van der Waals surface area contributed by atoms with Crippen LogP contribution >= 0.6 is 0 Å². The van der Waals surface area contributed by atoms with E-state index in [9.17, 15) is 0 Å². The number of hydrogen-bond donors (Lipinski definition) is 2. The summed E-state index contributed by atoms with van der Waals surface area (Å²) in [5.41, 5.74) is 7.78. The third kappa shape index (κ3) is 1.34. The molecule has 2 aromatic carbocycles. The van der Waals surface area contributed by atoms with Crippen LogP contribution in [0.5, 0.6) is 0 Å². The summed E-state index contributed by atoms with van der Waals surface area (Å²) in [7, 11) is 2.30. The predicted molar refractivity (Wildman–Crippen MR) is 108 cm³/mol. The molecule has 6 heterocycles. The smallest absolute Gasteiger partial charge is 0.110 e. The molecular weight excluding hydrogens is 332 g/mol. The Morgan fingerprint density at radius 1 is 1.00 bits per heavy atom. The van der Waals surface area contributed by atoms with Crippen LogP contribution in [0.3, 0.4) is 0 Å². The summed E-state index contributed by atoms with van der Waals surface area (Å²) >= 11 is 0. The number of anilines is 2. The molecule has 4 heteroatoms. The zero-order valence-corrected chi connectivity index (χ0v) is 16.0. The number of para-hydroxylation sites is 1. The lowest BCUT2D eigenvalue weighted by atomic mass is 9.50. The fourth-order valence-corrected chi connectivity index (χ4v) is 7.75. The minimum Gasteiger partial charge on any atom is -0.364 e. The number of benzene rings is 2. The van der Waals surface area contributed by atoms with Crippen LogP contribution in [0.2, 0.25) is 0 Å². The van der Waals surface area contributed by atoms with Gasteiger partial charge in [0.05, 0.1) is 11.6 Å². The van der Waals surface area contributed by atoms with Gasteiger partial charge in [0, 0.05) is 36.4 Å². The molecule has 6 atom stereocenters. The molecule has 2 fully saturated rings. The summed E-state index contributed by atoms with van der Waals surface area (Å²) in [4.78, 5) is 5.31. The first-order valence-electron chi connectivity index (χ1n) is 10.4. The number of likely N-dealkylation sites (N-methyl/N-ethyl adjacent to an activating group) is 1. The number of rotatable bonds is 0. The van der Waals surface area contributed by atoms with Crippen molar-refractivity contribution in [3.8, 4) is 0 Å². The van der Waals surface area contributed by atoms with Crippen molar-refractivity contribution in [3.05, 3.63) is 59.2 Å². The maximum Gasteiger partial charge on any atom is 0.110 e. The average Bonchev–Trinajstić information content (AvgIpc) is 3.19. The Morgan fingerprint density at radius 2 is 1.89 bits per heavy atom. The number of hydrogen-bond acceptors (Lipinski definition) is 4. The van der Waals surface area contributed by atoms with Gasteiger partial charge in [0.2, 0.25) is 0 Å². The molecule has 0 aromatic heterocycles. The molecule has 0 aliphatic carbocycles. The van der Waals surface area contributed by atoms with E-state index in [0.29, 0.717) is 18.4 Å².